The van der Waals surface area contributed by atoms with E-state index in [2.05, 4.69) is 29.7 Å². The van der Waals surface area contributed by atoms with Crippen molar-refractivity contribution in [3.8, 4) is 0 Å². The van der Waals surface area contributed by atoms with E-state index in [1.165, 1.54) is 5.56 Å². The van der Waals surface area contributed by atoms with E-state index in [-0.39, 0.29) is 18.7 Å². The van der Waals surface area contributed by atoms with Crippen molar-refractivity contribution in [2.24, 2.45) is 0 Å². The third-order valence-corrected chi connectivity index (χ3v) is 3.53. The average Bonchev–Trinajstić information content (AvgIpc) is 2.50. The number of ether oxygens (including phenoxy) is 1. The fourth-order valence-corrected chi connectivity index (χ4v) is 2.49. The number of nitrogens with one attached hydrogen (secondary N) is 2. The van der Waals surface area contributed by atoms with Crippen molar-refractivity contribution >= 4 is 6.09 Å². The molecule has 0 aromatic heterocycles. The molecule has 0 aliphatic rings. The van der Waals surface area contributed by atoms with Crippen LogP contribution in [-0.4, -0.2) is 42.0 Å². The molecule has 0 saturated heterocycles. The maximum Gasteiger partial charge on any atom is 0.407 e. The van der Waals surface area contributed by atoms with Crippen LogP contribution < -0.4 is 10.6 Å². The molecule has 5 heteroatoms. The van der Waals surface area contributed by atoms with Gasteiger partial charge < -0.3 is 20.5 Å². The molecule has 0 saturated carbocycles. The van der Waals surface area contributed by atoms with E-state index in [1.807, 2.05) is 39.0 Å². The maximum absolute atomic E-state index is 11.9. The van der Waals surface area contributed by atoms with E-state index in [1.54, 1.807) is 0 Å². The lowest BCUT2D eigenvalue weighted by Gasteiger charge is -2.25. The summed E-state index contributed by atoms with van der Waals surface area (Å²) in [6, 6.07) is 10.6. The Morgan fingerprint density at radius 3 is 2.50 bits per heavy atom. The van der Waals surface area contributed by atoms with Crippen molar-refractivity contribution in [1.29, 1.82) is 0 Å². The van der Waals surface area contributed by atoms with Crippen molar-refractivity contribution in [2.45, 2.75) is 64.6 Å². The number of benzene rings is 1. The second kappa shape index (κ2) is 10.3. The third-order valence-electron chi connectivity index (χ3n) is 3.53. The summed E-state index contributed by atoms with van der Waals surface area (Å²) in [5.74, 6) is 0. The zero-order valence-electron chi connectivity index (χ0n) is 15.3. The minimum atomic E-state index is -0.499. The first-order valence-corrected chi connectivity index (χ1v) is 8.68. The standard InChI is InChI=1S/C19H32N2O3/c1-15(9-8-12-22)21-17(13-16-10-6-5-7-11-16)14-20-18(23)24-19(2,3)4/h5-7,10-11,15,17,21-22H,8-9,12-14H2,1-4H3,(H,20,23). The summed E-state index contributed by atoms with van der Waals surface area (Å²) in [4.78, 5) is 11.9. The van der Waals surface area contributed by atoms with Crippen LogP contribution in [-0.2, 0) is 11.2 Å². The Morgan fingerprint density at radius 2 is 1.92 bits per heavy atom. The summed E-state index contributed by atoms with van der Waals surface area (Å²) in [5.41, 5.74) is 0.719. The molecule has 0 aliphatic carbocycles. The van der Waals surface area contributed by atoms with Crippen molar-refractivity contribution in [3.05, 3.63) is 35.9 Å². The molecule has 1 aromatic rings. The van der Waals surface area contributed by atoms with Crippen LogP contribution in [0.2, 0.25) is 0 Å². The van der Waals surface area contributed by atoms with Gasteiger partial charge in [-0.05, 0) is 52.5 Å². The van der Waals surface area contributed by atoms with E-state index in [4.69, 9.17) is 9.84 Å². The van der Waals surface area contributed by atoms with Crippen LogP contribution in [0.1, 0.15) is 46.1 Å². The van der Waals surface area contributed by atoms with Crippen LogP contribution in [0.5, 0.6) is 0 Å². The number of hydrogen-bond donors (Lipinski definition) is 3. The highest BCUT2D eigenvalue weighted by atomic mass is 16.6. The van der Waals surface area contributed by atoms with Crippen molar-refractivity contribution < 1.29 is 14.6 Å². The van der Waals surface area contributed by atoms with Crippen LogP contribution in [0.15, 0.2) is 30.3 Å². The highest BCUT2D eigenvalue weighted by Gasteiger charge is 2.18. The molecule has 2 unspecified atom stereocenters. The summed E-state index contributed by atoms with van der Waals surface area (Å²) in [6.07, 6.45) is 2.09. The predicted octanol–water partition coefficient (Wildman–Crippen LogP) is 2.87. The first kappa shape index (κ1) is 20.5. The molecule has 0 bridgehead atoms. The molecule has 1 aromatic carbocycles. The number of hydrogen-bond acceptors (Lipinski definition) is 4. The lowest BCUT2D eigenvalue weighted by molar-refractivity contribution is 0.0521. The monoisotopic (exact) mass is 336 g/mol. The van der Waals surface area contributed by atoms with Crippen LogP contribution in [0.3, 0.4) is 0 Å². The Balaban J connectivity index is 2.58. The molecule has 5 nitrogen and oxygen atoms in total. The number of carbonyl (C=O) groups is 1. The van der Waals surface area contributed by atoms with Crippen molar-refractivity contribution in [2.75, 3.05) is 13.2 Å². The number of amides is 1. The Bertz CT molecular complexity index is 471. The Hall–Kier alpha value is -1.59. The van der Waals surface area contributed by atoms with Gasteiger partial charge in [0.15, 0.2) is 0 Å². The Morgan fingerprint density at radius 1 is 1.25 bits per heavy atom. The molecular weight excluding hydrogens is 304 g/mol. The normalized spacial score (nSPS) is 14.0. The van der Waals surface area contributed by atoms with Gasteiger partial charge in [0.05, 0.1) is 0 Å². The minimum absolute atomic E-state index is 0.105. The molecule has 2 atom stereocenters. The van der Waals surface area contributed by atoms with E-state index in [9.17, 15) is 4.79 Å². The van der Waals surface area contributed by atoms with Gasteiger partial charge in [-0.25, -0.2) is 4.79 Å². The molecule has 3 N–H and O–H groups in total. The van der Waals surface area contributed by atoms with Gasteiger partial charge in [0.1, 0.15) is 5.60 Å². The maximum atomic E-state index is 11.9. The molecule has 0 fully saturated rings. The van der Waals surface area contributed by atoms with Gasteiger partial charge in [0.2, 0.25) is 0 Å². The zero-order chi connectivity index (χ0) is 18.0. The van der Waals surface area contributed by atoms with E-state index in [0.29, 0.717) is 6.54 Å². The topological polar surface area (TPSA) is 70.6 Å². The molecule has 136 valence electrons. The fraction of sp³-hybridized carbons (Fsp3) is 0.632. The number of aliphatic hydroxyl groups excluding tert-OH is 1. The van der Waals surface area contributed by atoms with Gasteiger partial charge in [-0.15, -0.1) is 0 Å². The quantitative estimate of drug-likeness (QED) is 0.648. The van der Waals surface area contributed by atoms with Crippen LogP contribution in [0.25, 0.3) is 0 Å². The first-order chi connectivity index (χ1) is 11.3. The second-order valence-corrected chi connectivity index (χ2v) is 7.20. The fourth-order valence-electron chi connectivity index (χ4n) is 2.49. The molecule has 0 aliphatic heterocycles. The number of alkyl carbamates (subject to hydrolysis) is 1. The largest absolute Gasteiger partial charge is 0.444 e. The van der Waals surface area contributed by atoms with Crippen molar-refractivity contribution in [3.63, 3.8) is 0 Å². The summed E-state index contributed by atoms with van der Waals surface area (Å²) < 4.78 is 5.30. The van der Waals surface area contributed by atoms with Crippen molar-refractivity contribution in [1.82, 2.24) is 10.6 Å². The Labute approximate surface area is 145 Å². The van der Waals surface area contributed by atoms with E-state index in [0.717, 1.165) is 19.3 Å². The van der Waals surface area contributed by atoms with Crippen LogP contribution >= 0.6 is 0 Å². The van der Waals surface area contributed by atoms with Gasteiger partial charge in [0, 0.05) is 25.2 Å². The average molecular weight is 336 g/mol. The zero-order valence-corrected chi connectivity index (χ0v) is 15.3. The molecule has 0 heterocycles. The smallest absolute Gasteiger partial charge is 0.407 e. The first-order valence-electron chi connectivity index (χ1n) is 8.68. The highest BCUT2D eigenvalue weighted by Crippen LogP contribution is 2.08. The van der Waals surface area contributed by atoms with E-state index < -0.39 is 11.7 Å². The molecule has 0 spiro atoms. The van der Waals surface area contributed by atoms with Gasteiger partial charge in [0.25, 0.3) is 0 Å². The van der Waals surface area contributed by atoms with Crippen LogP contribution in [0, 0.1) is 0 Å². The minimum Gasteiger partial charge on any atom is -0.444 e. The Kier molecular flexibility index (Phi) is 8.79. The lowest BCUT2D eigenvalue weighted by atomic mass is 10.0. The van der Waals surface area contributed by atoms with Crippen LogP contribution in [0.4, 0.5) is 4.79 Å². The molecule has 1 rings (SSSR count). The summed E-state index contributed by atoms with van der Waals surface area (Å²) >= 11 is 0. The third kappa shape index (κ3) is 9.53. The van der Waals surface area contributed by atoms with Gasteiger partial charge in [-0.3, -0.25) is 0 Å². The van der Waals surface area contributed by atoms with Gasteiger partial charge in [-0.2, -0.15) is 0 Å². The number of rotatable bonds is 9. The second-order valence-electron chi connectivity index (χ2n) is 7.20. The van der Waals surface area contributed by atoms with Gasteiger partial charge in [-0.1, -0.05) is 30.3 Å². The SMILES string of the molecule is CC(CCCO)NC(CNC(=O)OC(C)(C)C)Cc1ccccc1. The van der Waals surface area contributed by atoms with E-state index >= 15 is 0 Å². The lowest BCUT2D eigenvalue weighted by Crippen LogP contribution is -2.46. The van der Waals surface area contributed by atoms with Gasteiger partial charge >= 0.3 is 6.09 Å². The predicted molar refractivity (Wildman–Crippen MR) is 97.1 cm³/mol. The molecule has 1 amide bonds. The number of aliphatic hydroxyl groups is 1. The summed E-state index contributed by atoms with van der Waals surface area (Å²) in [7, 11) is 0. The molecule has 24 heavy (non-hydrogen) atoms. The highest BCUT2D eigenvalue weighted by molar-refractivity contribution is 5.67. The molecule has 0 radical (unpaired) electrons. The summed E-state index contributed by atoms with van der Waals surface area (Å²) in [6.45, 7) is 8.34. The molecular formula is C19H32N2O3. The summed E-state index contributed by atoms with van der Waals surface area (Å²) in [5, 5.41) is 15.4. The number of carbonyl (C=O) groups excluding carboxylic acids is 1.